The Kier molecular flexibility index (Phi) is 5.30. The smallest absolute Gasteiger partial charge is 0.0946 e. The van der Waals surface area contributed by atoms with Gasteiger partial charge in [-0.05, 0) is 12.5 Å². The summed E-state index contributed by atoms with van der Waals surface area (Å²) in [4.78, 5) is 4.00. The first-order valence-electron chi connectivity index (χ1n) is 5.53. The second-order valence-electron chi connectivity index (χ2n) is 3.69. The van der Waals surface area contributed by atoms with Crippen LogP contribution in [0.25, 0.3) is 0 Å². The van der Waals surface area contributed by atoms with Gasteiger partial charge in [-0.1, -0.05) is 26.7 Å². The van der Waals surface area contributed by atoms with Crippen molar-refractivity contribution in [3.05, 3.63) is 18.7 Å². The SMILES string of the molecule is CCC(CC)CNCCn1ccnc1. The number of hydrogen-bond acceptors (Lipinski definition) is 2. The van der Waals surface area contributed by atoms with E-state index in [2.05, 4.69) is 28.7 Å². The molecule has 1 rings (SSSR count). The number of imidazole rings is 1. The van der Waals surface area contributed by atoms with Gasteiger partial charge in [-0.3, -0.25) is 0 Å². The van der Waals surface area contributed by atoms with Gasteiger partial charge in [0.05, 0.1) is 6.33 Å². The Balaban J connectivity index is 2.04. The van der Waals surface area contributed by atoms with Gasteiger partial charge in [0.2, 0.25) is 0 Å². The third kappa shape index (κ3) is 3.92. The zero-order valence-corrected chi connectivity index (χ0v) is 9.24. The summed E-state index contributed by atoms with van der Waals surface area (Å²) in [6.07, 6.45) is 8.22. The van der Waals surface area contributed by atoms with Gasteiger partial charge in [0.15, 0.2) is 0 Å². The minimum Gasteiger partial charge on any atom is -0.336 e. The maximum atomic E-state index is 4.00. The molecule has 0 fully saturated rings. The predicted molar refractivity (Wildman–Crippen MR) is 59.2 cm³/mol. The van der Waals surface area contributed by atoms with Crippen LogP contribution in [0.15, 0.2) is 18.7 Å². The number of rotatable bonds is 7. The maximum absolute atomic E-state index is 4.00. The highest BCUT2D eigenvalue weighted by Crippen LogP contribution is 2.04. The predicted octanol–water partition coefficient (Wildman–Crippen LogP) is 1.91. The standard InChI is InChI=1S/C11H21N3/c1-3-11(4-2)9-12-5-7-14-8-6-13-10-14/h6,8,10-12H,3-5,7,9H2,1-2H3. The third-order valence-electron chi connectivity index (χ3n) is 2.69. The average Bonchev–Trinajstić information content (AvgIpc) is 2.71. The second-order valence-corrected chi connectivity index (χ2v) is 3.69. The van der Waals surface area contributed by atoms with Gasteiger partial charge >= 0.3 is 0 Å². The van der Waals surface area contributed by atoms with E-state index in [1.54, 1.807) is 0 Å². The first-order chi connectivity index (χ1) is 6.86. The molecule has 80 valence electrons. The molecule has 0 aliphatic heterocycles. The molecular formula is C11H21N3. The zero-order valence-electron chi connectivity index (χ0n) is 9.24. The van der Waals surface area contributed by atoms with Gasteiger partial charge in [0.1, 0.15) is 0 Å². The Hall–Kier alpha value is -0.830. The van der Waals surface area contributed by atoms with Crippen molar-refractivity contribution in [2.75, 3.05) is 13.1 Å². The Labute approximate surface area is 86.5 Å². The second kappa shape index (κ2) is 6.60. The van der Waals surface area contributed by atoms with Crippen LogP contribution in [0.4, 0.5) is 0 Å². The summed E-state index contributed by atoms with van der Waals surface area (Å²) in [6.45, 7) is 7.70. The van der Waals surface area contributed by atoms with Crippen molar-refractivity contribution < 1.29 is 0 Å². The molecule has 0 aliphatic rings. The minimum atomic E-state index is 0.831. The summed E-state index contributed by atoms with van der Waals surface area (Å²) < 4.78 is 2.10. The summed E-state index contributed by atoms with van der Waals surface area (Å²) in [5, 5.41) is 3.48. The molecule has 1 aromatic rings. The van der Waals surface area contributed by atoms with E-state index in [0.29, 0.717) is 0 Å². The zero-order chi connectivity index (χ0) is 10.2. The van der Waals surface area contributed by atoms with Crippen LogP contribution in [0.1, 0.15) is 26.7 Å². The largest absolute Gasteiger partial charge is 0.336 e. The minimum absolute atomic E-state index is 0.831. The van der Waals surface area contributed by atoms with Crippen LogP contribution < -0.4 is 5.32 Å². The topological polar surface area (TPSA) is 29.9 Å². The summed E-state index contributed by atoms with van der Waals surface area (Å²) in [6, 6.07) is 0. The summed E-state index contributed by atoms with van der Waals surface area (Å²) in [5.74, 6) is 0.831. The van der Waals surface area contributed by atoms with Gasteiger partial charge in [0.25, 0.3) is 0 Å². The van der Waals surface area contributed by atoms with Crippen LogP contribution in [0.2, 0.25) is 0 Å². The summed E-state index contributed by atoms with van der Waals surface area (Å²) in [7, 11) is 0. The first kappa shape index (κ1) is 11.2. The lowest BCUT2D eigenvalue weighted by Gasteiger charge is -2.13. The Morgan fingerprint density at radius 3 is 2.71 bits per heavy atom. The number of aromatic nitrogens is 2. The lowest BCUT2D eigenvalue weighted by atomic mass is 10.0. The Bertz CT molecular complexity index is 214. The molecule has 1 aromatic heterocycles. The fraction of sp³-hybridized carbons (Fsp3) is 0.727. The van der Waals surface area contributed by atoms with Crippen LogP contribution in [-0.4, -0.2) is 22.6 Å². The van der Waals surface area contributed by atoms with Gasteiger partial charge in [-0.15, -0.1) is 0 Å². The Morgan fingerprint density at radius 2 is 2.14 bits per heavy atom. The number of nitrogens with one attached hydrogen (secondary N) is 1. The highest BCUT2D eigenvalue weighted by atomic mass is 15.0. The fourth-order valence-electron chi connectivity index (χ4n) is 1.51. The van der Waals surface area contributed by atoms with Crippen LogP contribution in [-0.2, 0) is 6.54 Å². The molecule has 14 heavy (non-hydrogen) atoms. The van der Waals surface area contributed by atoms with E-state index in [0.717, 1.165) is 25.6 Å². The molecule has 0 unspecified atom stereocenters. The molecule has 3 heteroatoms. The molecule has 0 amide bonds. The molecule has 0 saturated carbocycles. The van der Waals surface area contributed by atoms with Gasteiger partial charge in [-0.25, -0.2) is 4.98 Å². The van der Waals surface area contributed by atoms with Crippen LogP contribution in [0.5, 0.6) is 0 Å². The molecule has 0 aliphatic carbocycles. The fourth-order valence-corrected chi connectivity index (χ4v) is 1.51. The van der Waals surface area contributed by atoms with Crippen LogP contribution in [0.3, 0.4) is 0 Å². The van der Waals surface area contributed by atoms with E-state index in [4.69, 9.17) is 0 Å². The van der Waals surface area contributed by atoms with E-state index in [1.807, 2.05) is 18.7 Å². The van der Waals surface area contributed by atoms with Crippen LogP contribution in [0, 0.1) is 5.92 Å². The molecule has 3 nitrogen and oxygen atoms in total. The molecule has 0 atom stereocenters. The molecule has 1 heterocycles. The highest BCUT2D eigenvalue weighted by molar-refractivity contribution is 4.74. The maximum Gasteiger partial charge on any atom is 0.0946 e. The average molecular weight is 195 g/mol. The van der Waals surface area contributed by atoms with E-state index < -0.39 is 0 Å². The highest BCUT2D eigenvalue weighted by Gasteiger charge is 2.01. The van der Waals surface area contributed by atoms with Crippen LogP contribution >= 0.6 is 0 Å². The lowest BCUT2D eigenvalue weighted by molar-refractivity contribution is 0.442. The van der Waals surface area contributed by atoms with E-state index >= 15 is 0 Å². The lowest BCUT2D eigenvalue weighted by Crippen LogP contribution is -2.25. The van der Waals surface area contributed by atoms with Crippen molar-refractivity contribution in [1.29, 1.82) is 0 Å². The molecule has 0 saturated heterocycles. The van der Waals surface area contributed by atoms with Crippen molar-refractivity contribution >= 4 is 0 Å². The number of hydrogen-bond donors (Lipinski definition) is 1. The summed E-state index contributed by atoms with van der Waals surface area (Å²) >= 11 is 0. The summed E-state index contributed by atoms with van der Waals surface area (Å²) in [5.41, 5.74) is 0. The molecule has 0 bridgehead atoms. The van der Waals surface area contributed by atoms with Crippen molar-refractivity contribution in [3.63, 3.8) is 0 Å². The molecular weight excluding hydrogens is 174 g/mol. The van der Waals surface area contributed by atoms with Gasteiger partial charge in [-0.2, -0.15) is 0 Å². The van der Waals surface area contributed by atoms with Crippen molar-refractivity contribution in [2.24, 2.45) is 5.92 Å². The van der Waals surface area contributed by atoms with Crippen molar-refractivity contribution in [2.45, 2.75) is 33.2 Å². The quantitative estimate of drug-likeness (QED) is 0.674. The molecule has 0 radical (unpaired) electrons. The van der Waals surface area contributed by atoms with Crippen molar-refractivity contribution in [1.82, 2.24) is 14.9 Å². The normalized spacial score (nSPS) is 11.1. The Morgan fingerprint density at radius 1 is 1.36 bits per heavy atom. The van der Waals surface area contributed by atoms with Gasteiger partial charge < -0.3 is 9.88 Å². The van der Waals surface area contributed by atoms with E-state index in [1.165, 1.54) is 12.8 Å². The molecule has 0 spiro atoms. The monoisotopic (exact) mass is 195 g/mol. The molecule has 1 N–H and O–H groups in total. The van der Waals surface area contributed by atoms with E-state index in [-0.39, 0.29) is 0 Å². The van der Waals surface area contributed by atoms with E-state index in [9.17, 15) is 0 Å². The van der Waals surface area contributed by atoms with Gasteiger partial charge in [0, 0.05) is 25.5 Å². The first-order valence-corrected chi connectivity index (χ1v) is 5.53. The number of nitrogens with zero attached hydrogens (tertiary/aromatic N) is 2. The third-order valence-corrected chi connectivity index (χ3v) is 2.69. The molecule has 0 aromatic carbocycles. The van der Waals surface area contributed by atoms with Crippen molar-refractivity contribution in [3.8, 4) is 0 Å².